The number of anilines is 1. The van der Waals surface area contributed by atoms with E-state index >= 15 is 0 Å². The quantitative estimate of drug-likeness (QED) is 0.238. The molecular formula is C27H27N5O. The van der Waals surface area contributed by atoms with Gasteiger partial charge in [0.25, 0.3) is 0 Å². The van der Waals surface area contributed by atoms with E-state index in [4.69, 9.17) is 10.1 Å². The molecule has 33 heavy (non-hydrogen) atoms. The van der Waals surface area contributed by atoms with E-state index in [2.05, 4.69) is 44.9 Å². The normalized spacial score (nSPS) is 11.4. The summed E-state index contributed by atoms with van der Waals surface area (Å²) >= 11 is 0. The maximum atomic E-state index is 7.77. The first-order valence-corrected chi connectivity index (χ1v) is 10.9. The summed E-state index contributed by atoms with van der Waals surface area (Å²) in [5.74, 6) is 0.875. The highest BCUT2D eigenvalue weighted by atomic mass is 16.5. The lowest BCUT2D eigenvalue weighted by Crippen LogP contribution is -2.16. The minimum atomic E-state index is 0.663. The zero-order valence-corrected chi connectivity index (χ0v) is 18.6. The molecule has 1 aromatic heterocycles. The van der Waals surface area contributed by atoms with Crippen molar-refractivity contribution in [2.75, 3.05) is 19.0 Å². The molecule has 3 N–H and O–H groups in total. The van der Waals surface area contributed by atoms with E-state index in [1.165, 1.54) is 17.3 Å². The molecule has 166 valence electrons. The van der Waals surface area contributed by atoms with Crippen molar-refractivity contribution in [1.82, 2.24) is 15.3 Å². The molecule has 0 saturated carbocycles. The van der Waals surface area contributed by atoms with E-state index in [1.807, 2.05) is 48.5 Å². The minimum Gasteiger partial charge on any atom is -0.497 e. The molecule has 0 unspecified atom stereocenters. The average molecular weight is 438 g/mol. The number of benzene rings is 3. The Morgan fingerprint density at radius 1 is 0.939 bits per heavy atom. The number of hydrogen-bond acceptors (Lipinski definition) is 6. The lowest BCUT2D eigenvalue weighted by Gasteiger charge is -2.08. The number of ether oxygens (including phenoxy) is 1. The van der Waals surface area contributed by atoms with Crippen LogP contribution in [0.15, 0.2) is 85.2 Å². The summed E-state index contributed by atoms with van der Waals surface area (Å²) in [6, 6.07) is 24.1. The number of para-hydroxylation sites is 2. The van der Waals surface area contributed by atoms with Crippen molar-refractivity contribution in [3.63, 3.8) is 0 Å². The number of rotatable bonds is 10. The number of allylic oxidation sites excluding steroid dienone is 1. The second-order valence-electron chi connectivity index (χ2n) is 7.60. The number of hydrogen-bond donors (Lipinski definition) is 3. The molecule has 0 saturated heterocycles. The predicted molar refractivity (Wildman–Crippen MR) is 135 cm³/mol. The molecule has 3 aromatic carbocycles. The fourth-order valence-corrected chi connectivity index (χ4v) is 3.42. The van der Waals surface area contributed by atoms with E-state index in [0.717, 1.165) is 42.0 Å². The monoisotopic (exact) mass is 437 g/mol. The molecule has 0 aliphatic rings. The zero-order chi connectivity index (χ0) is 22.9. The van der Waals surface area contributed by atoms with Gasteiger partial charge < -0.3 is 20.8 Å². The van der Waals surface area contributed by atoms with Crippen molar-refractivity contribution >= 4 is 28.5 Å². The molecule has 6 heteroatoms. The first kappa shape index (κ1) is 22.2. The van der Waals surface area contributed by atoms with E-state index < -0.39 is 0 Å². The Hall–Kier alpha value is -4.03. The van der Waals surface area contributed by atoms with Crippen molar-refractivity contribution in [3.8, 4) is 5.75 Å². The van der Waals surface area contributed by atoms with Crippen LogP contribution in [0.1, 0.15) is 16.8 Å². The third-order valence-corrected chi connectivity index (χ3v) is 5.33. The van der Waals surface area contributed by atoms with E-state index in [-0.39, 0.29) is 0 Å². The SMILES string of the molecule is COc1ccc(CNCCc2ccc(N/C=C(\C=N)c3cnc4ccccc4n3)cc2)cc1. The van der Waals surface area contributed by atoms with E-state index in [9.17, 15) is 0 Å². The second kappa shape index (κ2) is 11.0. The number of nitrogens with one attached hydrogen (secondary N) is 3. The minimum absolute atomic E-state index is 0.663. The van der Waals surface area contributed by atoms with Crippen molar-refractivity contribution < 1.29 is 4.74 Å². The standard InChI is InChI=1S/C27H27N5O/c1-33-24-12-8-21(9-13-24)17-29-15-14-20-6-10-23(11-7-20)30-18-22(16-28)27-19-31-25-4-2-3-5-26(25)32-27/h2-13,16,18-19,28-30H,14-15,17H2,1H3/b22-18+,28-16?. The van der Waals surface area contributed by atoms with Crippen LogP contribution < -0.4 is 15.4 Å². The van der Waals surface area contributed by atoms with Gasteiger partial charge in [0.05, 0.1) is 30.0 Å². The fraction of sp³-hybridized carbons (Fsp3) is 0.148. The molecule has 0 spiro atoms. The number of methoxy groups -OCH3 is 1. The highest BCUT2D eigenvalue weighted by molar-refractivity contribution is 6.08. The van der Waals surface area contributed by atoms with Crippen LogP contribution in [0.5, 0.6) is 5.75 Å². The zero-order valence-electron chi connectivity index (χ0n) is 18.6. The number of aromatic nitrogens is 2. The van der Waals surface area contributed by atoms with Crippen molar-refractivity contribution in [1.29, 1.82) is 5.41 Å². The first-order chi connectivity index (χ1) is 16.2. The lowest BCUT2D eigenvalue weighted by molar-refractivity contribution is 0.414. The van der Waals surface area contributed by atoms with Crippen LogP contribution in [0.3, 0.4) is 0 Å². The van der Waals surface area contributed by atoms with Crippen LogP contribution in [-0.4, -0.2) is 29.8 Å². The molecule has 0 atom stereocenters. The van der Waals surface area contributed by atoms with Crippen molar-refractivity contribution in [2.45, 2.75) is 13.0 Å². The molecule has 6 nitrogen and oxygen atoms in total. The summed E-state index contributed by atoms with van der Waals surface area (Å²) < 4.78 is 5.19. The maximum absolute atomic E-state index is 7.77. The fourth-order valence-electron chi connectivity index (χ4n) is 3.42. The van der Waals surface area contributed by atoms with Crippen molar-refractivity contribution in [2.24, 2.45) is 0 Å². The van der Waals surface area contributed by atoms with Crippen LogP contribution in [0.25, 0.3) is 16.6 Å². The third-order valence-electron chi connectivity index (χ3n) is 5.33. The van der Waals surface area contributed by atoms with Crippen LogP contribution in [-0.2, 0) is 13.0 Å². The van der Waals surface area contributed by atoms with Gasteiger partial charge in [-0.15, -0.1) is 0 Å². The smallest absolute Gasteiger partial charge is 0.118 e. The summed E-state index contributed by atoms with van der Waals surface area (Å²) in [5, 5.41) is 14.5. The molecule has 4 aromatic rings. The van der Waals surface area contributed by atoms with Gasteiger partial charge in [0.2, 0.25) is 0 Å². The molecule has 0 fully saturated rings. The topological polar surface area (TPSA) is 82.9 Å². The van der Waals surface area contributed by atoms with Crippen molar-refractivity contribution in [3.05, 3.63) is 102 Å². The lowest BCUT2D eigenvalue weighted by atomic mass is 10.1. The van der Waals surface area contributed by atoms with Crippen LogP contribution in [0.4, 0.5) is 5.69 Å². The Morgan fingerprint density at radius 2 is 1.67 bits per heavy atom. The average Bonchev–Trinajstić information content (AvgIpc) is 2.88. The number of nitrogens with zero attached hydrogens (tertiary/aromatic N) is 2. The van der Waals surface area contributed by atoms with Gasteiger partial charge in [0, 0.05) is 30.2 Å². The summed E-state index contributed by atoms with van der Waals surface area (Å²) in [5.41, 5.74) is 6.44. The summed E-state index contributed by atoms with van der Waals surface area (Å²) in [6.45, 7) is 1.73. The van der Waals surface area contributed by atoms with Gasteiger partial charge in [0.1, 0.15) is 5.75 Å². The van der Waals surface area contributed by atoms with Gasteiger partial charge in [-0.2, -0.15) is 0 Å². The van der Waals surface area contributed by atoms with Crippen LogP contribution in [0, 0.1) is 5.41 Å². The second-order valence-corrected chi connectivity index (χ2v) is 7.60. The Kier molecular flexibility index (Phi) is 7.40. The van der Waals surface area contributed by atoms with Crippen LogP contribution in [0.2, 0.25) is 0 Å². The summed E-state index contributed by atoms with van der Waals surface area (Å²) in [4.78, 5) is 9.04. The van der Waals surface area contributed by atoms with Gasteiger partial charge in [-0.3, -0.25) is 4.98 Å². The Labute approximate surface area is 193 Å². The number of fused-ring (bicyclic) bond motifs is 1. The molecule has 0 aliphatic carbocycles. The molecule has 0 bridgehead atoms. The highest BCUT2D eigenvalue weighted by Crippen LogP contribution is 2.16. The van der Waals surface area contributed by atoms with Gasteiger partial charge in [-0.25, -0.2) is 4.98 Å². The third kappa shape index (κ3) is 6.02. The Morgan fingerprint density at radius 3 is 2.39 bits per heavy atom. The molecule has 1 heterocycles. The highest BCUT2D eigenvalue weighted by Gasteiger charge is 2.04. The Balaban J connectivity index is 1.29. The summed E-state index contributed by atoms with van der Waals surface area (Å²) in [7, 11) is 1.68. The predicted octanol–water partition coefficient (Wildman–Crippen LogP) is 5.07. The van der Waals surface area contributed by atoms with E-state index in [1.54, 1.807) is 19.5 Å². The van der Waals surface area contributed by atoms with Gasteiger partial charge in [-0.1, -0.05) is 36.4 Å². The van der Waals surface area contributed by atoms with Gasteiger partial charge >= 0.3 is 0 Å². The molecule has 0 radical (unpaired) electrons. The molecule has 0 aliphatic heterocycles. The molecular weight excluding hydrogens is 410 g/mol. The van der Waals surface area contributed by atoms with Gasteiger partial charge in [-0.05, 0) is 60.5 Å². The molecule has 4 rings (SSSR count). The Bertz CT molecular complexity index is 1230. The first-order valence-electron chi connectivity index (χ1n) is 10.9. The van der Waals surface area contributed by atoms with E-state index in [0.29, 0.717) is 11.3 Å². The van der Waals surface area contributed by atoms with Crippen LogP contribution >= 0.6 is 0 Å². The van der Waals surface area contributed by atoms with Gasteiger partial charge in [0.15, 0.2) is 0 Å². The molecule has 0 amide bonds. The largest absolute Gasteiger partial charge is 0.497 e. The maximum Gasteiger partial charge on any atom is 0.118 e. The summed E-state index contributed by atoms with van der Waals surface area (Å²) in [6.07, 6.45) is 5.72.